The molecule has 6 nitrogen and oxygen atoms in total. The maximum Gasteiger partial charge on any atom is 0.263 e. The number of dihydropyridines is 1. The van der Waals surface area contributed by atoms with E-state index in [0.29, 0.717) is 0 Å². The minimum absolute atomic E-state index is 0.0637. The smallest absolute Gasteiger partial charge is 0.263 e. The number of allylic oxidation sites excluding steroid dienone is 3. The number of hydrogen-bond donors (Lipinski definition) is 3. The fraction of sp³-hybridized carbons (Fsp3) is 0. The lowest BCUT2D eigenvalue weighted by Gasteiger charge is -2.15. The number of rotatable bonds is 4. The van der Waals surface area contributed by atoms with E-state index in [1.165, 1.54) is 36.7 Å². The van der Waals surface area contributed by atoms with Gasteiger partial charge < -0.3 is 16.4 Å². The van der Waals surface area contributed by atoms with Gasteiger partial charge in [0.05, 0.1) is 11.3 Å². The first kappa shape index (κ1) is 19.8. The first-order valence-corrected chi connectivity index (χ1v) is 8.04. The van der Waals surface area contributed by atoms with Crippen LogP contribution in [0.15, 0.2) is 60.2 Å². The number of nitrogens with zero attached hydrogens (tertiary/aromatic N) is 1. The number of nitrogens with one attached hydrogen (secondary N) is 2. The second-order valence-electron chi connectivity index (χ2n) is 5.72. The van der Waals surface area contributed by atoms with E-state index in [0.717, 1.165) is 6.20 Å². The molecule has 0 radical (unpaired) electrons. The highest BCUT2D eigenvalue weighted by Gasteiger charge is 2.29. The maximum absolute atomic E-state index is 14.5. The number of aromatic nitrogens is 1. The van der Waals surface area contributed by atoms with Crippen LogP contribution < -0.4 is 16.4 Å². The van der Waals surface area contributed by atoms with E-state index < -0.39 is 51.9 Å². The molecule has 1 aliphatic rings. The van der Waals surface area contributed by atoms with E-state index in [9.17, 15) is 27.2 Å². The van der Waals surface area contributed by atoms with Crippen molar-refractivity contribution in [2.75, 3.05) is 5.32 Å². The van der Waals surface area contributed by atoms with Gasteiger partial charge in [-0.2, -0.15) is 0 Å². The van der Waals surface area contributed by atoms with Crippen LogP contribution in [0, 0.1) is 23.3 Å². The van der Waals surface area contributed by atoms with Crippen molar-refractivity contribution in [2.24, 2.45) is 5.73 Å². The van der Waals surface area contributed by atoms with E-state index in [1.54, 1.807) is 11.4 Å². The SMILES string of the molecule is NC(=O)/C(C(=O)Nc1c(F)c(F)c(-c2cccnc2)c(F)c1F)=C1/C=CC=CN1. The molecule has 1 aromatic carbocycles. The largest absolute Gasteiger partial charge is 0.365 e. The first-order chi connectivity index (χ1) is 13.8. The molecule has 2 heterocycles. The average molecular weight is 404 g/mol. The van der Waals surface area contributed by atoms with Gasteiger partial charge in [-0.25, -0.2) is 17.6 Å². The predicted molar refractivity (Wildman–Crippen MR) is 95.8 cm³/mol. The Balaban J connectivity index is 2.06. The van der Waals surface area contributed by atoms with Crippen LogP contribution in [0.2, 0.25) is 0 Å². The number of halogens is 4. The summed E-state index contributed by atoms with van der Waals surface area (Å²) in [7, 11) is 0. The zero-order chi connectivity index (χ0) is 21.1. The summed E-state index contributed by atoms with van der Waals surface area (Å²) in [5, 5.41) is 4.23. The van der Waals surface area contributed by atoms with Gasteiger partial charge in [0.25, 0.3) is 11.8 Å². The molecule has 0 aliphatic carbocycles. The van der Waals surface area contributed by atoms with Gasteiger partial charge in [0.1, 0.15) is 11.3 Å². The highest BCUT2D eigenvalue weighted by atomic mass is 19.2. The average Bonchev–Trinajstić information content (AvgIpc) is 2.71. The Kier molecular flexibility index (Phi) is 5.44. The monoisotopic (exact) mass is 404 g/mol. The van der Waals surface area contributed by atoms with Gasteiger partial charge >= 0.3 is 0 Å². The molecule has 0 bridgehead atoms. The third-order valence-electron chi connectivity index (χ3n) is 3.90. The number of amides is 2. The molecule has 1 aliphatic heterocycles. The van der Waals surface area contributed by atoms with Gasteiger partial charge in [0, 0.05) is 24.2 Å². The van der Waals surface area contributed by atoms with Crippen LogP contribution >= 0.6 is 0 Å². The molecule has 3 rings (SSSR count). The first-order valence-electron chi connectivity index (χ1n) is 8.04. The minimum atomic E-state index is -1.85. The topological polar surface area (TPSA) is 97.1 Å². The second kappa shape index (κ2) is 7.97. The summed E-state index contributed by atoms with van der Waals surface area (Å²) < 4.78 is 57.8. The van der Waals surface area contributed by atoms with Gasteiger partial charge in [-0.3, -0.25) is 14.6 Å². The number of benzene rings is 1. The summed E-state index contributed by atoms with van der Waals surface area (Å²) >= 11 is 0. The molecule has 1 aromatic heterocycles. The van der Waals surface area contributed by atoms with Crippen LogP contribution in [0.4, 0.5) is 23.2 Å². The number of hydrogen-bond acceptors (Lipinski definition) is 4. The summed E-state index contributed by atoms with van der Waals surface area (Å²) in [5.41, 5.74) is 1.82. The third kappa shape index (κ3) is 3.72. The summed E-state index contributed by atoms with van der Waals surface area (Å²) in [6, 6.07) is 2.53. The van der Waals surface area contributed by atoms with Gasteiger partial charge in [0.2, 0.25) is 0 Å². The molecule has 0 saturated carbocycles. The summed E-state index contributed by atoms with van der Waals surface area (Å²) in [6.07, 6.45) is 8.01. The Hall–Kier alpha value is -3.95. The normalized spacial score (nSPS) is 14.3. The quantitative estimate of drug-likeness (QED) is 0.240. The molecule has 2 amide bonds. The van der Waals surface area contributed by atoms with Crippen LogP contribution in [0.25, 0.3) is 11.1 Å². The second-order valence-corrected chi connectivity index (χ2v) is 5.72. The fourth-order valence-corrected chi connectivity index (χ4v) is 2.60. The van der Waals surface area contributed by atoms with Gasteiger partial charge in [-0.05, 0) is 18.2 Å². The van der Waals surface area contributed by atoms with E-state index >= 15 is 0 Å². The van der Waals surface area contributed by atoms with Crippen molar-refractivity contribution in [3.8, 4) is 11.1 Å². The lowest BCUT2D eigenvalue weighted by molar-refractivity contribution is -0.119. The lowest BCUT2D eigenvalue weighted by Crippen LogP contribution is -2.30. The lowest BCUT2D eigenvalue weighted by atomic mass is 10.0. The van der Waals surface area contributed by atoms with E-state index in [1.807, 2.05) is 0 Å². The Labute approximate surface area is 161 Å². The highest BCUT2D eigenvalue weighted by Crippen LogP contribution is 2.34. The number of carbonyl (C=O) groups excluding carboxylic acids is 2. The fourth-order valence-electron chi connectivity index (χ4n) is 2.60. The zero-order valence-electron chi connectivity index (χ0n) is 14.5. The van der Waals surface area contributed by atoms with Crippen LogP contribution in [0.5, 0.6) is 0 Å². The van der Waals surface area contributed by atoms with Crippen LogP contribution in [-0.4, -0.2) is 16.8 Å². The summed E-state index contributed by atoms with van der Waals surface area (Å²) in [5.74, 6) is -9.75. The predicted octanol–water partition coefficient (Wildman–Crippen LogP) is 2.66. The number of nitrogens with two attached hydrogens (primary N) is 1. The van der Waals surface area contributed by atoms with Gasteiger partial charge in [0.15, 0.2) is 23.3 Å². The molecule has 10 heteroatoms. The molecule has 0 saturated heterocycles. The standard InChI is InChI=1S/C19H12F4N4O2/c20-13-11(9-4-3-6-25-8-9)14(21)16(23)17(15(13)22)27-19(29)12(18(24)28)10-5-1-2-7-26-10/h1-8,26H,(H2,24,28)(H,27,29)/b12-10+. The van der Waals surface area contributed by atoms with Crippen molar-refractivity contribution in [2.45, 2.75) is 0 Å². The molecule has 4 N–H and O–H groups in total. The maximum atomic E-state index is 14.5. The van der Waals surface area contributed by atoms with E-state index in [-0.39, 0.29) is 11.3 Å². The van der Waals surface area contributed by atoms with Crippen molar-refractivity contribution >= 4 is 17.5 Å². The summed E-state index contributed by atoms with van der Waals surface area (Å²) in [4.78, 5) is 27.7. The number of primary amides is 1. The summed E-state index contributed by atoms with van der Waals surface area (Å²) in [6.45, 7) is 0. The van der Waals surface area contributed by atoms with Gasteiger partial charge in [-0.1, -0.05) is 12.1 Å². The molecule has 0 atom stereocenters. The molecular formula is C19H12F4N4O2. The minimum Gasteiger partial charge on any atom is -0.365 e. The van der Waals surface area contributed by atoms with Crippen molar-refractivity contribution in [3.63, 3.8) is 0 Å². The number of pyridine rings is 1. The van der Waals surface area contributed by atoms with E-state index in [2.05, 4.69) is 10.3 Å². The molecule has 0 spiro atoms. The molecule has 2 aromatic rings. The van der Waals surface area contributed by atoms with Crippen molar-refractivity contribution in [1.82, 2.24) is 10.3 Å². The Morgan fingerprint density at radius 1 is 1.03 bits per heavy atom. The van der Waals surface area contributed by atoms with Crippen LogP contribution in [-0.2, 0) is 9.59 Å². The van der Waals surface area contributed by atoms with Crippen molar-refractivity contribution in [1.29, 1.82) is 0 Å². The molecule has 29 heavy (non-hydrogen) atoms. The van der Waals surface area contributed by atoms with Gasteiger partial charge in [-0.15, -0.1) is 0 Å². The third-order valence-corrected chi connectivity index (χ3v) is 3.90. The van der Waals surface area contributed by atoms with Crippen molar-refractivity contribution in [3.05, 3.63) is 83.5 Å². The zero-order valence-corrected chi connectivity index (χ0v) is 14.5. The Bertz CT molecular complexity index is 1070. The number of anilines is 1. The Morgan fingerprint density at radius 2 is 1.72 bits per heavy atom. The molecule has 0 fully saturated rings. The highest BCUT2D eigenvalue weighted by molar-refractivity contribution is 6.23. The Morgan fingerprint density at radius 3 is 2.24 bits per heavy atom. The molecular weight excluding hydrogens is 392 g/mol. The van der Waals surface area contributed by atoms with Crippen LogP contribution in [0.1, 0.15) is 0 Å². The van der Waals surface area contributed by atoms with Crippen LogP contribution in [0.3, 0.4) is 0 Å². The molecule has 148 valence electrons. The molecule has 0 unspecified atom stereocenters. The number of carbonyl (C=O) groups is 2. The van der Waals surface area contributed by atoms with E-state index in [4.69, 9.17) is 5.73 Å². The van der Waals surface area contributed by atoms with Crippen molar-refractivity contribution < 1.29 is 27.2 Å².